The van der Waals surface area contributed by atoms with E-state index in [0.717, 1.165) is 5.56 Å². The summed E-state index contributed by atoms with van der Waals surface area (Å²) in [5.41, 5.74) is 1.89. The zero-order valence-corrected chi connectivity index (χ0v) is 13.9. The summed E-state index contributed by atoms with van der Waals surface area (Å²) >= 11 is 0. The molecule has 0 unspecified atom stereocenters. The minimum Gasteiger partial charge on any atom is -0.493 e. The number of carbonyl (C=O) groups excluding carboxylic acids is 1. The highest BCUT2D eigenvalue weighted by Crippen LogP contribution is 2.32. The summed E-state index contributed by atoms with van der Waals surface area (Å²) in [5.74, 6) is 0.865. The number of methoxy groups -OCH3 is 2. The highest BCUT2D eigenvalue weighted by atomic mass is 16.6. The molecule has 0 bridgehead atoms. The molecule has 1 aliphatic heterocycles. The molecule has 2 aromatic rings. The van der Waals surface area contributed by atoms with E-state index in [2.05, 4.69) is 4.99 Å². The Bertz CT molecular complexity index is 867. The lowest BCUT2D eigenvalue weighted by Gasteiger charge is -2.09. The van der Waals surface area contributed by atoms with Gasteiger partial charge in [0.1, 0.15) is 0 Å². The Morgan fingerprint density at radius 1 is 0.960 bits per heavy atom. The topological polar surface area (TPSA) is 57.1 Å². The van der Waals surface area contributed by atoms with Crippen LogP contribution in [-0.2, 0) is 9.53 Å². The van der Waals surface area contributed by atoms with Gasteiger partial charge < -0.3 is 14.2 Å². The maximum Gasteiger partial charge on any atom is 0.363 e. The number of hydrogen-bond donors (Lipinski definition) is 0. The van der Waals surface area contributed by atoms with Gasteiger partial charge in [0.2, 0.25) is 5.90 Å². The molecule has 0 saturated heterocycles. The molecule has 0 aliphatic carbocycles. The van der Waals surface area contributed by atoms with Crippen molar-refractivity contribution >= 4 is 24.0 Å². The van der Waals surface area contributed by atoms with Gasteiger partial charge in [0, 0.05) is 11.6 Å². The van der Waals surface area contributed by atoms with Gasteiger partial charge in [-0.25, -0.2) is 9.79 Å². The van der Waals surface area contributed by atoms with Crippen molar-refractivity contribution in [2.24, 2.45) is 4.99 Å². The van der Waals surface area contributed by atoms with Crippen LogP contribution in [0.5, 0.6) is 11.5 Å². The van der Waals surface area contributed by atoms with Gasteiger partial charge in [-0.3, -0.25) is 0 Å². The number of benzene rings is 2. The summed E-state index contributed by atoms with van der Waals surface area (Å²) in [4.78, 5) is 16.3. The molecule has 5 heteroatoms. The Labute approximate surface area is 145 Å². The summed E-state index contributed by atoms with van der Waals surface area (Å²) in [6.07, 6.45) is 5.12. The fraction of sp³-hybridized carbons (Fsp3) is 0.100. The Balaban J connectivity index is 1.88. The zero-order valence-electron chi connectivity index (χ0n) is 13.9. The molecule has 0 aromatic heterocycles. The normalized spacial score (nSPS) is 15.4. The molecule has 25 heavy (non-hydrogen) atoms. The summed E-state index contributed by atoms with van der Waals surface area (Å²) in [6, 6.07) is 15.1. The zero-order chi connectivity index (χ0) is 17.6. The lowest BCUT2D eigenvalue weighted by molar-refractivity contribution is -0.129. The first-order valence-electron chi connectivity index (χ1n) is 7.68. The third-order valence-corrected chi connectivity index (χ3v) is 3.58. The minimum atomic E-state index is -0.502. The van der Waals surface area contributed by atoms with Crippen molar-refractivity contribution in [1.82, 2.24) is 0 Å². The Morgan fingerprint density at radius 3 is 2.48 bits per heavy atom. The molecule has 0 amide bonds. The molecule has 1 aliphatic rings. The van der Waals surface area contributed by atoms with Crippen LogP contribution in [0.15, 0.2) is 65.3 Å². The molecule has 126 valence electrons. The predicted octanol–water partition coefficient (Wildman–Crippen LogP) is 3.71. The molecule has 0 saturated carbocycles. The summed E-state index contributed by atoms with van der Waals surface area (Å²) < 4.78 is 15.8. The van der Waals surface area contributed by atoms with Crippen LogP contribution in [0.1, 0.15) is 11.1 Å². The number of esters is 1. The summed E-state index contributed by atoms with van der Waals surface area (Å²) in [5, 5.41) is 0. The van der Waals surface area contributed by atoms with Crippen LogP contribution < -0.4 is 9.47 Å². The van der Waals surface area contributed by atoms with E-state index in [-0.39, 0.29) is 11.6 Å². The number of nitrogens with zero attached hydrogens (tertiary/aromatic N) is 1. The first-order valence-corrected chi connectivity index (χ1v) is 7.68. The average molecular weight is 335 g/mol. The second kappa shape index (κ2) is 7.49. The van der Waals surface area contributed by atoms with E-state index in [1.807, 2.05) is 48.5 Å². The smallest absolute Gasteiger partial charge is 0.363 e. The van der Waals surface area contributed by atoms with Crippen LogP contribution >= 0.6 is 0 Å². The van der Waals surface area contributed by atoms with Crippen molar-refractivity contribution in [2.45, 2.75) is 0 Å². The molecule has 0 atom stereocenters. The molecule has 1 heterocycles. The van der Waals surface area contributed by atoms with Crippen LogP contribution in [-0.4, -0.2) is 26.1 Å². The van der Waals surface area contributed by atoms with Gasteiger partial charge in [-0.2, -0.15) is 0 Å². The highest BCUT2D eigenvalue weighted by Gasteiger charge is 2.22. The molecule has 0 N–H and O–H groups in total. The first-order chi connectivity index (χ1) is 12.2. The van der Waals surface area contributed by atoms with Crippen molar-refractivity contribution in [1.29, 1.82) is 0 Å². The molecule has 0 spiro atoms. The highest BCUT2D eigenvalue weighted by molar-refractivity contribution is 6.11. The van der Waals surface area contributed by atoms with Gasteiger partial charge in [-0.15, -0.1) is 0 Å². The van der Waals surface area contributed by atoms with Crippen LogP contribution in [0.3, 0.4) is 0 Å². The average Bonchev–Trinajstić information content (AvgIpc) is 3.00. The monoisotopic (exact) mass is 335 g/mol. The number of ether oxygens (including phenoxy) is 3. The standard InChI is InChI=1S/C20H17NO4/c1-23-17-10-6-9-15(19(17)24-2)13-16-20(22)25-18(21-16)12-11-14-7-4-3-5-8-14/h3-13H,1-2H3/b12-11+,16-13+. The van der Waals surface area contributed by atoms with Crippen LogP contribution in [0.25, 0.3) is 12.2 Å². The van der Waals surface area contributed by atoms with Gasteiger partial charge in [0.15, 0.2) is 17.2 Å². The third-order valence-electron chi connectivity index (χ3n) is 3.58. The molecule has 5 nitrogen and oxygen atoms in total. The van der Waals surface area contributed by atoms with E-state index in [1.54, 1.807) is 32.4 Å². The van der Waals surface area contributed by atoms with E-state index in [9.17, 15) is 4.79 Å². The number of para-hydroxylation sites is 1. The Kier molecular flexibility index (Phi) is 4.95. The van der Waals surface area contributed by atoms with E-state index in [0.29, 0.717) is 17.1 Å². The Morgan fingerprint density at radius 2 is 1.76 bits per heavy atom. The van der Waals surface area contributed by atoms with E-state index < -0.39 is 5.97 Å². The van der Waals surface area contributed by atoms with Crippen molar-refractivity contribution in [2.75, 3.05) is 14.2 Å². The molecule has 3 rings (SSSR count). The van der Waals surface area contributed by atoms with Crippen molar-refractivity contribution in [3.8, 4) is 11.5 Å². The fourth-order valence-corrected chi connectivity index (χ4v) is 2.40. The van der Waals surface area contributed by atoms with Crippen molar-refractivity contribution in [3.63, 3.8) is 0 Å². The van der Waals surface area contributed by atoms with E-state index >= 15 is 0 Å². The van der Waals surface area contributed by atoms with Gasteiger partial charge >= 0.3 is 5.97 Å². The molecule has 0 fully saturated rings. The van der Waals surface area contributed by atoms with E-state index in [1.165, 1.54) is 0 Å². The number of hydrogen-bond acceptors (Lipinski definition) is 5. The van der Waals surface area contributed by atoms with Gasteiger partial charge in [0.05, 0.1) is 14.2 Å². The van der Waals surface area contributed by atoms with Gasteiger partial charge in [-0.1, -0.05) is 42.5 Å². The predicted molar refractivity (Wildman–Crippen MR) is 96.5 cm³/mol. The Hall–Kier alpha value is -3.34. The molecular weight excluding hydrogens is 318 g/mol. The summed E-state index contributed by atoms with van der Waals surface area (Å²) in [6.45, 7) is 0. The maximum atomic E-state index is 12.0. The van der Waals surface area contributed by atoms with Crippen molar-refractivity contribution in [3.05, 3.63) is 71.4 Å². The number of aliphatic imine (C=N–C) groups is 1. The minimum absolute atomic E-state index is 0.208. The van der Waals surface area contributed by atoms with Crippen molar-refractivity contribution < 1.29 is 19.0 Å². The van der Waals surface area contributed by atoms with E-state index in [4.69, 9.17) is 14.2 Å². The maximum absolute atomic E-state index is 12.0. The van der Waals surface area contributed by atoms with Crippen LogP contribution in [0.2, 0.25) is 0 Å². The largest absolute Gasteiger partial charge is 0.493 e. The molecule has 0 radical (unpaired) electrons. The lowest BCUT2D eigenvalue weighted by Crippen LogP contribution is -2.01. The number of carbonyl (C=O) groups is 1. The van der Waals surface area contributed by atoms with Crippen LogP contribution in [0, 0.1) is 0 Å². The first kappa shape index (κ1) is 16.5. The van der Waals surface area contributed by atoms with Gasteiger partial charge in [0.25, 0.3) is 0 Å². The third kappa shape index (κ3) is 3.77. The van der Waals surface area contributed by atoms with Gasteiger partial charge in [-0.05, 0) is 23.8 Å². The lowest BCUT2D eigenvalue weighted by atomic mass is 10.1. The SMILES string of the molecule is COc1cccc(/C=C2N=C(/C=C/c3ccccc3)OC/2=O)c1OC. The summed E-state index contributed by atoms with van der Waals surface area (Å²) in [7, 11) is 3.10. The second-order valence-electron chi connectivity index (χ2n) is 5.20. The molecular formula is C20H17NO4. The van der Waals surface area contributed by atoms with Crippen LogP contribution in [0.4, 0.5) is 0 Å². The molecule has 2 aromatic carbocycles. The second-order valence-corrected chi connectivity index (χ2v) is 5.20. The number of cyclic esters (lactones) is 1. The number of rotatable bonds is 5. The quantitative estimate of drug-likeness (QED) is 0.617. The fourth-order valence-electron chi connectivity index (χ4n) is 2.40.